The smallest absolute Gasteiger partial charge is 0.248 e. The minimum atomic E-state index is -0.507. The van der Waals surface area contributed by atoms with Crippen molar-refractivity contribution in [2.75, 3.05) is 6.54 Å². The largest absolute Gasteiger partial charge is 0.481 e. The summed E-state index contributed by atoms with van der Waals surface area (Å²) in [6.07, 6.45) is 3.56. The quantitative estimate of drug-likeness (QED) is 0.892. The maximum absolute atomic E-state index is 12.8. The Hall–Kier alpha value is -1.88. The fraction of sp³-hybridized carbons (Fsp3) is 0.529. The fourth-order valence-corrected chi connectivity index (χ4v) is 3.43. The number of Topliss-reactive ketones (excluding diaryl/α,β-unsaturated/α-hetero) is 1. The van der Waals surface area contributed by atoms with E-state index in [1.165, 1.54) is 0 Å². The summed E-state index contributed by atoms with van der Waals surface area (Å²) >= 11 is 0. The number of carbonyl (C=O) groups is 2. The molecule has 5 heteroatoms. The third-order valence-electron chi connectivity index (χ3n) is 4.86. The predicted molar refractivity (Wildman–Crippen MR) is 82.7 cm³/mol. The molecule has 118 valence electrons. The van der Waals surface area contributed by atoms with Crippen LogP contribution in [0.2, 0.25) is 0 Å². The Labute approximate surface area is 130 Å². The summed E-state index contributed by atoms with van der Waals surface area (Å²) in [7, 11) is 0. The number of ketones is 1. The molecule has 1 amide bonds. The van der Waals surface area contributed by atoms with Crippen molar-refractivity contribution in [3.63, 3.8) is 0 Å². The van der Waals surface area contributed by atoms with Gasteiger partial charge in [0.15, 0.2) is 11.9 Å². The fourth-order valence-electron chi connectivity index (χ4n) is 3.43. The Morgan fingerprint density at radius 3 is 2.73 bits per heavy atom. The zero-order valence-corrected chi connectivity index (χ0v) is 12.9. The standard InChI is InChI=1S/C17H22N2O3/c1-17(6-2-3-7-17)15(20)14-10-19-9-12-5-4-11(16(18)21)8-13(12)22-14/h4-5,8,14,19H,2-3,6-7,9-10H2,1H3,(H2,18,21). The van der Waals surface area contributed by atoms with Crippen LogP contribution in [0.4, 0.5) is 0 Å². The molecule has 1 aromatic rings. The summed E-state index contributed by atoms with van der Waals surface area (Å²) in [5, 5.41) is 3.26. The Balaban J connectivity index is 1.85. The topological polar surface area (TPSA) is 81.4 Å². The highest BCUT2D eigenvalue weighted by molar-refractivity contribution is 5.93. The van der Waals surface area contributed by atoms with Gasteiger partial charge in [-0.2, -0.15) is 0 Å². The van der Waals surface area contributed by atoms with E-state index < -0.39 is 12.0 Å². The Morgan fingerprint density at radius 2 is 2.05 bits per heavy atom. The third-order valence-corrected chi connectivity index (χ3v) is 4.86. The van der Waals surface area contributed by atoms with E-state index in [1.54, 1.807) is 12.1 Å². The summed E-state index contributed by atoms with van der Waals surface area (Å²) in [6, 6.07) is 5.15. The van der Waals surface area contributed by atoms with Gasteiger partial charge in [-0.3, -0.25) is 9.59 Å². The number of benzene rings is 1. The van der Waals surface area contributed by atoms with Gasteiger partial charge < -0.3 is 15.8 Å². The van der Waals surface area contributed by atoms with Gasteiger partial charge in [0.05, 0.1) is 0 Å². The van der Waals surface area contributed by atoms with E-state index in [4.69, 9.17) is 10.5 Å². The third kappa shape index (κ3) is 2.73. The van der Waals surface area contributed by atoms with Crippen LogP contribution in [0.15, 0.2) is 18.2 Å². The monoisotopic (exact) mass is 302 g/mol. The average molecular weight is 302 g/mol. The summed E-state index contributed by atoms with van der Waals surface area (Å²) in [6.45, 7) is 3.15. The normalized spacial score (nSPS) is 23.2. The van der Waals surface area contributed by atoms with Crippen molar-refractivity contribution >= 4 is 11.7 Å². The molecular formula is C17H22N2O3. The average Bonchev–Trinajstić information content (AvgIpc) is 2.83. The molecule has 5 nitrogen and oxygen atoms in total. The summed E-state index contributed by atoms with van der Waals surface area (Å²) in [5.41, 5.74) is 6.39. The highest BCUT2D eigenvalue weighted by Crippen LogP contribution is 2.40. The number of hydrogen-bond acceptors (Lipinski definition) is 4. The summed E-state index contributed by atoms with van der Waals surface area (Å²) < 4.78 is 5.97. The van der Waals surface area contributed by atoms with Gasteiger partial charge in [-0.25, -0.2) is 0 Å². The zero-order valence-electron chi connectivity index (χ0n) is 12.9. The second-order valence-electron chi connectivity index (χ2n) is 6.56. The molecule has 22 heavy (non-hydrogen) atoms. The van der Waals surface area contributed by atoms with E-state index in [9.17, 15) is 9.59 Å². The highest BCUT2D eigenvalue weighted by Gasteiger charge is 2.41. The number of hydrogen-bond donors (Lipinski definition) is 2. The van der Waals surface area contributed by atoms with Crippen LogP contribution in [0.25, 0.3) is 0 Å². The first kappa shape index (κ1) is 15.0. The van der Waals surface area contributed by atoms with E-state index in [2.05, 4.69) is 5.32 Å². The first-order valence-electron chi connectivity index (χ1n) is 7.84. The van der Waals surface area contributed by atoms with Crippen molar-refractivity contribution < 1.29 is 14.3 Å². The molecule has 0 saturated heterocycles. The molecule has 3 N–H and O–H groups in total. The number of amides is 1. The molecule has 1 atom stereocenters. The van der Waals surface area contributed by atoms with Crippen molar-refractivity contribution in [2.45, 2.75) is 45.3 Å². The number of ether oxygens (including phenoxy) is 1. The zero-order chi connectivity index (χ0) is 15.7. The van der Waals surface area contributed by atoms with Gasteiger partial charge in [0.1, 0.15) is 5.75 Å². The van der Waals surface area contributed by atoms with Crippen LogP contribution in [0, 0.1) is 5.41 Å². The molecule has 1 fully saturated rings. The molecule has 0 spiro atoms. The number of primary amides is 1. The molecule has 0 aromatic heterocycles. The Morgan fingerprint density at radius 1 is 1.32 bits per heavy atom. The van der Waals surface area contributed by atoms with E-state index >= 15 is 0 Å². The maximum atomic E-state index is 12.8. The molecule has 1 aromatic carbocycles. The molecular weight excluding hydrogens is 280 g/mol. The number of nitrogens with one attached hydrogen (secondary N) is 1. The molecule has 1 aliphatic heterocycles. The lowest BCUT2D eigenvalue weighted by molar-refractivity contribution is -0.134. The van der Waals surface area contributed by atoms with Gasteiger partial charge >= 0.3 is 0 Å². The molecule has 0 radical (unpaired) electrons. The molecule has 2 aliphatic rings. The molecule has 1 unspecified atom stereocenters. The molecule has 0 bridgehead atoms. The first-order valence-corrected chi connectivity index (χ1v) is 7.84. The highest BCUT2D eigenvalue weighted by atomic mass is 16.5. The Bertz CT molecular complexity index is 606. The van der Waals surface area contributed by atoms with E-state index in [1.807, 2.05) is 13.0 Å². The summed E-state index contributed by atoms with van der Waals surface area (Å²) in [5.74, 6) is 0.255. The molecule has 1 saturated carbocycles. The van der Waals surface area contributed by atoms with E-state index in [0.29, 0.717) is 24.4 Å². The summed E-state index contributed by atoms with van der Waals surface area (Å²) in [4.78, 5) is 24.2. The van der Waals surface area contributed by atoms with Crippen molar-refractivity contribution in [2.24, 2.45) is 11.1 Å². The van der Waals surface area contributed by atoms with Gasteiger partial charge in [-0.1, -0.05) is 25.8 Å². The lowest BCUT2D eigenvalue weighted by Crippen LogP contribution is -2.43. The molecule has 1 heterocycles. The van der Waals surface area contributed by atoms with Crippen LogP contribution < -0.4 is 15.8 Å². The van der Waals surface area contributed by atoms with Gasteiger partial charge in [0.2, 0.25) is 5.91 Å². The van der Waals surface area contributed by atoms with Crippen LogP contribution in [0.1, 0.15) is 48.5 Å². The Kier molecular flexibility index (Phi) is 3.91. The van der Waals surface area contributed by atoms with Crippen molar-refractivity contribution in [1.82, 2.24) is 5.32 Å². The number of fused-ring (bicyclic) bond motifs is 1. The minimum absolute atomic E-state index is 0.162. The second-order valence-corrected chi connectivity index (χ2v) is 6.56. The van der Waals surface area contributed by atoms with Gasteiger partial charge in [-0.15, -0.1) is 0 Å². The molecule has 3 rings (SSSR count). The number of carbonyl (C=O) groups excluding carboxylic acids is 2. The van der Waals surface area contributed by atoms with E-state index in [-0.39, 0.29) is 11.2 Å². The van der Waals surface area contributed by atoms with Crippen LogP contribution in [-0.2, 0) is 11.3 Å². The van der Waals surface area contributed by atoms with Crippen LogP contribution in [0.5, 0.6) is 5.75 Å². The van der Waals surface area contributed by atoms with Gasteiger partial charge in [0, 0.05) is 29.6 Å². The molecule has 1 aliphatic carbocycles. The van der Waals surface area contributed by atoms with Crippen molar-refractivity contribution in [3.05, 3.63) is 29.3 Å². The number of nitrogens with two attached hydrogens (primary N) is 1. The first-order chi connectivity index (χ1) is 10.5. The van der Waals surface area contributed by atoms with Crippen LogP contribution in [-0.4, -0.2) is 24.3 Å². The SMILES string of the molecule is CC1(C(=O)C2CNCc3ccc(C(N)=O)cc3O2)CCCC1. The predicted octanol–water partition coefficient (Wildman–Crippen LogP) is 1.79. The lowest BCUT2D eigenvalue weighted by atomic mass is 9.81. The van der Waals surface area contributed by atoms with Crippen molar-refractivity contribution in [1.29, 1.82) is 0 Å². The second kappa shape index (κ2) is 5.72. The van der Waals surface area contributed by atoms with Crippen LogP contribution >= 0.6 is 0 Å². The minimum Gasteiger partial charge on any atom is -0.481 e. The maximum Gasteiger partial charge on any atom is 0.248 e. The van der Waals surface area contributed by atoms with E-state index in [0.717, 1.165) is 31.2 Å². The van der Waals surface area contributed by atoms with Gasteiger partial charge in [-0.05, 0) is 25.0 Å². The van der Waals surface area contributed by atoms with Crippen LogP contribution in [0.3, 0.4) is 0 Å². The van der Waals surface area contributed by atoms with Gasteiger partial charge in [0.25, 0.3) is 0 Å². The lowest BCUT2D eigenvalue weighted by Gasteiger charge is -2.27. The van der Waals surface area contributed by atoms with Crippen molar-refractivity contribution in [3.8, 4) is 5.75 Å². The number of rotatable bonds is 3.